The molecule has 0 saturated carbocycles. The molecule has 0 atom stereocenters. The Morgan fingerprint density at radius 2 is 2.06 bits per heavy atom. The van der Waals surface area contributed by atoms with Crippen LogP contribution in [-0.2, 0) is 19.7 Å². The molecule has 106 valence electrons. The van der Waals surface area contributed by atoms with Crippen LogP contribution in [0, 0.1) is 0 Å². The van der Waals surface area contributed by atoms with Crippen molar-refractivity contribution in [3.63, 3.8) is 0 Å². The van der Waals surface area contributed by atoms with Gasteiger partial charge in [0, 0.05) is 19.0 Å². The molecular weight excluding hydrogens is 284 g/mol. The van der Waals surface area contributed by atoms with Crippen molar-refractivity contribution in [2.24, 2.45) is 0 Å². The molecule has 0 bridgehead atoms. The van der Waals surface area contributed by atoms with Crippen LogP contribution in [0.5, 0.6) is 0 Å². The van der Waals surface area contributed by atoms with Gasteiger partial charge in [0.15, 0.2) is 0 Å². The van der Waals surface area contributed by atoms with Crippen molar-refractivity contribution in [1.82, 2.24) is 9.03 Å². The number of hydrogen-bond donors (Lipinski definition) is 1. The molecule has 1 fully saturated rings. The number of hydrogen-bond acceptors (Lipinski definition) is 5. The maximum atomic E-state index is 11.7. The highest BCUT2D eigenvalue weighted by molar-refractivity contribution is 7.87. The standard InChI is InChI=1S/C9H17ClN2O5S/c1-16-9(13)11-18(14,15)12-5-2-8(3-6-12)17-7-4-10/h8H,2-7H2,1H3,(H,11,13). The van der Waals surface area contributed by atoms with Crippen molar-refractivity contribution in [1.29, 1.82) is 0 Å². The predicted molar refractivity (Wildman–Crippen MR) is 65.7 cm³/mol. The fraction of sp³-hybridized carbons (Fsp3) is 0.889. The summed E-state index contributed by atoms with van der Waals surface area (Å²) in [6.45, 7) is 1.07. The van der Waals surface area contributed by atoms with Crippen LogP contribution in [0.1, 0.15) is 12.8 Å². The van der Waals surface area contributed by atoms with Crippen LogP contribution >= 0.6 is 11.6 Å². The minimum Gasteiger partial charge on any atom is -0.452 e. The Hall–Kier alpha value is -0.570. The lowest BCUT2D eigenvalue weighted by molar-refractivity contribution is 0.0299. The van der Waals surface area contributed by atoms with Gasteiger partial charge in [0.2, 0.25) is 0 Å². The summed E-state index contributed by atoms with van der Waals surface area (Å²) in [6, 6.07) is 0. The van der Waals surface area contributed by atoms with Crippen LogP contribution in [0.2, 0.25) is 0 Å². The molecule has 0 aromatic heterocycles. The van der Waals surface area contributed by atoms with E-state index in [1.54, 1.807) is 0 Å². The van der Waals surface area contributed by atoms with Crippen molar-refractivity contribution in [2.75, 3.05) is 32.7 Å². The zero-order valence-electron chi connectivity index (χ0n) is 10.1. The molecule has 1 aliphatic heterocycles. The number of methoxy groups -OCH3 is 1. The van der Waals surface area contributed by atoms with Crippen molar-refractivity contribution in [3.05, 3.63) is 0 Å². The predicted octanol–water partition coefficient (Wildman–Crippen LogP) is 0.307. The second kappa shape index (κ2) is 7.13. The highest BCUT2D eigenvalue weighted by atomic mass is 35.5. The molecule has 0 radical (unpaired) electrons. The summed E-state index contributed by atoms with van der Waals surface area (Å²) >= 11 is 5.50. The van der Waals surface area contributed by atoms with Gasteiger partial charge in [-0.2, -0.15) is 12.7 Å². The molecule has 1 N–H and O–H groups in total. The number of rotatable bonds is 5. The third-order valence-corrected chi connectivity index (χ3v) is 4.19. The van der Waals surface area contributed by atoms with Crippen molar-refractivity contribution >= 4 is 27.9 Å². The molecule has 0 aliphatic carbocycles. The van der Waals surface area contributed by atoms with Crippen molar-refractivity contribution in [3.8, 4) is 0 Å². The summed E-state index contributed by atoms with van der Waals surface area (Å²) in [4.78, 5) is 10.9. The number of alkyl halides is 1. The smallest absolute Gasteiger partial charge is 0.421 e. The number of nitrogens with zero attached hydrogens (tertiary/aromatic N) is 1. The first-order valence-corrected chi connectivity index (χ1v) is 7.50. The largest absolute Gasteiger partial charge is 0.452 e. The van der Waals surface area contributed by atoms with E-state index in [2.05, 4.69) is 4.74 Å². The van der Waals surface area contributed by atoms with Crippen LogP contribution in [0.25, 0.3) is 0 Å². The van der Waals surface area contributed by atoms with E-state index in [1.807, 2.05) is 4.72 Å². The van der Waals surface area contributed by atoms with Gasteiger partial charge in [-0.15, -0.1) is 11.6 Å². The summed E-state index contributed by atoms with van der Waals surface area (Å²) in [5, 5.41) is 0. The summed E-state index contributed by atoms with van der Waals surface area (Å²) in [5.41, 5.74) is 0. The maximum absolute atomic E-state index is 11.7. The number of halogens is 1. The minimum absolute atomic E-state index is 0.0216. The van der Waals surface area contributed by atoms with Crippen LogP contribution < -0.4 is 4.72 Å². The molecule has 0 aromatic carbocycles. The Balaban J connectivity index is 2.44. The third kappa shape index (κ3) is 4.60. The Bertz CT molecular complexity index is 367. The van der Waals surface area contributed by atoms with E-state index >= 15 is 0 Å². The molecule has 18 heavy (non-hydrogen) atoms. The lowest BCUT2D eigenvalue weighted by Crippen LogP contribution is -2.48. The summed E-state index contributed by atoms with van der Waals surface area (Å²) in [5.74, 6) is 0.419. The van der Waals surface area contributed by atoms with Gasteiger partial charge < -0.3 is 9.47 Å². The molecule has 0 spiro atoms. The molecule has 9 heteroatoms. The maximum Gasteiger partial charge on any atom is 0.421 e. The Morgan fingerprint density at radius 1 is 1.44 bits per heavy atom. The van der Waals surface area contributed by atoms with Crippen LogP contribution in [-0.4, -0.2) is 57.6 Å². The Kier molecular flexibility index (Phi) is 6.13. The quantitative estimate of drug-likeness (QED) is 0.739. The van der Waals surface area contributed by atoms with E-state index in [1.165, 1.54) is 4.31 Å². The van der Waals surface area contributed by atoms with E-state index in [-0.39, 0.29) is 6.10 Å². The Labute approximate surface area is 112 Å². The molecule has 1 amide bonds. The Morgan fingerprint density at radius 3 is 2.56 bits per heavy atom. The molecule has 1 saturated heterocycles. The van der Waals surface area contributed by atoms with E-state index in [9.17, 15) is 13.2 Å². The SMILES string of the molecule is COC(=O)NS(=O)(=O)N1CCC(OCCCl)CC1. The molecule has 0 unspecified atom stereocenters. The highest BCUT2D eigenvalue weighted by Crippen LogP contribution is 2.16. The number of carbonyl (C=O) groups excluding carboxylic acids is 1. The zero-order valence-corrected chi connectivity index (χ0v) is 11.7. The first-order chi connectivity index (χ1) is 8.49. The van der Waals surface area contributed by atoms with E-state index in [4.69, 9.17) is 16.3 Å². The third-order valence-electron chi connectivity index (χ3n) is 2.57. The van der Waals surface area contributed by atoms with Gasteiger partial charge in [-0.05, 0) is 12.8 Å². The van der Waals surface area contributed by atoms with Crippen molar-refractivity contribution < 1.29 is 22.7 Å². The van der Waals surface area contributed by atoms with Gasteiger partial charge in [0.05, 0.1) is 19.8 Å². The van der Waals surface area contributed by atoms with Gasteiger partial charge >= 0.3 is 16.3 Å². The highest BCUT2D eigenvalue weighted by Gasteiger charge is 2.29. The van der Waals surface area contributed by atoms with Crippen LogP contribution in [0.4, 0.5) is 4.79 Å². The number of amides is 1. The average molecular weight is 301 g/mol. The van der Waals surface area contributed by atoms with Gasteiger partial charge in [0.1, 0.15) is 0 Å². The zero-order chi connectivity index (χ0) is 13.6. The van der Waals surface area contributed by atoms with Crippen molar-refractivity contribution in [2.45, 2.75) is 18.9 Å². The summed E-state index contributed by atoms with van der Waals surface area (Å²) < 4.78 is 36.1. The lowest BCUT2D eigenvalue weighted by Gasteiger charge is -2.30. The van der Waals surface area contributed by atoms with Crippen LogP contribution in [0.15, 0.2) is 0 Å². The molecule has 1 rings (SSSR count). The lowest BCUT2D eigenvalue weighted by atomic mass is 10.1. The monoisotopic (exact) mass is 300 g/mol. The van der Waals surface area contributed by atoms with E-state index in [0.29, 0.717) is 38.4 Å². The molecule has 7 nitrogen and oxygen atoms in total. The first kappa shape index (κ1) is 15.5. The van der Waals surface area contributed by atoms with Gasteiger partial charge in [-0.3, -0.25) is 0 Å². The first-order valence-electron chi connectivity index (χ1n) is 5.53. The average Bonchev–Trinajstić information content (AvgIpc) is 2.36. The molecular formula is C9H17ClN2O5S. The fourth-order valence-electron chi connectivity index (χ4n) is 1.66. The number of piperidine rings is 1. The fourth-order valence-corrected chi connectivity index (χ4v) is 2.87. The van der Waals surface area contributed by atoms with E-state index in [0.717, 1.165) is 7.11 Å². The van der Waals surface area contributed by atoms with Gasteiger partial charge in [-0.1, -0.05) is 0 Å². The summed E-state index contributed by atoms with van der Waals surface area (Å²) in [6.07, 6.45) is 0.196. The second-order valence-corrected chi connectivity index (χ2v) is 5.81. The molecule has 1 heterocycles. The normalized spacial score (nSPS) is 18.6. The topological polar surface area (TPSA) is 84.9 Å². The molecule has 0 aromatic rings. The number of carbonyl (C=O) groups is 1. The van der Waals surface area contributed by atoms with E-state index < -0.39 is 16.3 Å². The number of ether oxygens (including phenoxy) is 2. The summed E-state index contributed by atoms with van der Waals surface area (Å²) in [7, 11) is -2.70. The van der Waals surface area contributed by atoms with Gasteiger partial charge in [-0.25, -0.2) is 9.52 Å². The minimum atomic E-state index is -3.81. The van der Waals surface area contributed by atoms with Gasteiger partial charge in [0.25, 0.3) is 0 Å². The second-order valence-electron chi connectivity index (χ2n) is 3.76. The number of nitrogens with one attached hydrogen (secondary N) is 1. The van der Waals surface area contributed by atoms with Crippen LogP contribution in [0.3, 0.4) is 0 Å². The molecule has 1 aliphatic rings.